The summed E-state index contributed by atoms with van der Waals surface area (Å²) in [6.45, 7) is 0. The third-order valence-corrected chi connectivity index (χ3v) is 6.64. The van der Waals surface area contributed by atoms with Gasteiger partial charge in [0.25, 0.3) is 0 Å². The van der Waals surface area contributed by atoms with Gasteiger partial charge in [0.1, 0.15) is 5.75 Å². The van der Waals surface area contributed by atoms with Crippen LogP contribution in [0.1, 0.15) is 23.5 Å². The molecule has 2 aliphatic rings. The van der Waals surface area contributed by atoms with Crippen molar-refractivity contribution >= 4 is 45.1 Å². The van der Waals surface area contributed by atoms with E-state index in [0.29, 0.717) is 0 Å². The molecule has 5 heteroatoms. The van der Waals surface area contributed by atoms with Gasteiger partial charge in [0.05, 0.1) is 12.5 Å². The molecule has 3 aromatic rings. The van der Waals surface area contributed by atoms with Gasteiger partial charge in [-0.1, -0.05) is 12.1 Å². The number of hydrogen-bond acceptors (Lipinski definition) is 2. The Morgan fingerprint density at radius 3 is 2.92 bits per heavy atom. The molecule has 1 spiro atoms. The van der Waals surface area contributed by atoms with Crippen LogP contribution in [0.15, 0.2) is 42.6 Å². The predicted octanol–water partition coefficient (Wildman–Crippen LogP) is 4.18. The van der Waals surface area contributed by atoms with Gasteiger partial charge in [-0.3, -0.25) is 4.79 Å². The van der Waals surface area contributed by atoms with Crippen LogP contribution in [0.4, 0.5) is 5.69 Å². The minimum Gasteiger partial charge on any atom is -0.497 e. The topological polar surface area (TPSA) is 45.3 Å². The third-order valence-electron chi connectivity index (χ3n) is 5.75. The summed E-state index contributed by atoms with van der Waals surface area (Å²) < 4.78 is 6.62. The zero-order valence-corrected chi connectivity index (χ0v) is 16.1. The Balaban J connectivity index is 1.62. The molecule has 1 aliphatic carbocycles. The van der Waals surface area contributed by atoms with Crippen molar-refractivity contribution in [3.05, 3.63) is 57.3 Å². The van der Waals surface area contributed by atoms with Crippen molar-refractivity contribution in [3.8, 4) is 5.75 Å². The van der Waals surface area contributed by atoms with Crippen LogP contribution >= 0.6 is 22.6 Å². The highest BCUT2D eigenvalue weighted by atomic mass is 127. The number of carbonyl (C=O) groups excluding carboxylic acids is 1. The number of methoxy groups -OCH3 is 1. The van der Waals surface area contributed by atoms with Crippen molar-refractivity contribution in [1.29, 1.82) is 0 Å². The van der Waals surface area contributed by atoms with Gasteiger partial charge in [-0.15, -0.1) is 0 Å². The molecular formula is C20H17IN2O2. The summed E-state index contributed by atoms with van der Waals surface area (Å²) in [5.41, 5.74) is 4.04. The van der Waals surface area contributed by atoms with Gasteiger partial charge < -0.3 is 14.6 Å². The number of rotatable bonds is 2. The number of amides is 1. The number of fused-ring (bicyclic) bond motifs is 3. The standard InChI is InChI=1S/C20H17IN2O2/c1-23-18-6-4-12(25-2)8-14(18)20(19(23)24)9-15(20)11-3-5-13-16(21)10-22-17(13)7-11/h3-8,10,15,22H,9H2,1-2H3/t15-,20-/m0/s1. The van der Waals surface area contributed by atoms with E-state index in [1.807, 2.05) is 31.4 Å². The van der Waals surface area contributed by atoms with Crippen LogP contribution in [-0.4, -0.2) is 25.0 Å². The summed E-state index contributed by atoms with van der Waals surface area (Å²) >= 11 is 2.34. The summed E-state index contributed by atoms with van der Waals surface area (Å²) in [6, 6.07) is 12.5. The lowest BCUT2D eigenvalue weighted by molar-refractivity contribution is -0.120. The normalized spacial score (nSPS) is 24.2. The van der Waals surface area contributed by atoms with Gasteiger partial charge in [0.15, 0.2) is 0 Å². The van der Waals surface area contributed by atoms with Crippen molar-refractivity contribution in [1.82, 2.24) is 4.98 Å². The first-order chi connectivity index (χ1) is 12.1. The number of ether oxygens (including phenoxy) is 1. The van der Waals surface area contributed by atoms with E-state index >= 15 is 0 Å². The number of nitrogens with one attached hydrogen (secondary N) is 1. The molecule has 2 heterocycles. The number of aromatic nitrogens is 1. The Labute approximate surface area is 159 Å². The number of anilines is 1. The molecule has 0 unspecified atom stereocenters. The molecule has 0 bridgehead atoms. The Morgan fingerprint density at radius 1 is 1.28 bits per heavy atom. The van der Waals surface area contributed by atoms with E-state index in [1.54, 1.807) is 12.0 Å². The first-order valence-electron chi connectivity index (χ1n) is 8.29. The van der Waals surface area contributed by atoms with Crippen molar-refractivity contribution in [3.63, 3.8) is 0 Å². The summed E-state index contributed by atoms with van der Waals surface area (Å²) in [5.74, 6) is 1.23. The van der Waals surface area contributed by atoms with Crippen LogP contribution in [0, 0.1) is 3.57 Å². The quantitative estimate of drug-likeness (QED) is 0.603. The molecule has 5 rings (SSSR count). The molecule has 2 atom stereocenters. The Morgan fingerprint density at radius 2 is 2.12 bits per heavy atom. The lowest BCUT2D eigenvalue weighted by Gasteiger charge is -2.11. The lowest BCUT2D eigenvalue weighted by Crippen LogP contribution is -2.29. The molecule has 1 N–H and O–H groups in total. The second-order valence-electron chi connectivity index (χ2n) is 6.92. The molecule has 1 aromatic heterocycles. The van der Waals surface area contributed by atoms with Gasteiger partial charge in [0, 0.05) is 39.3 Å². The largest absolute Gasteiger partial charge is 0.497 e. The van der Waals surface area contributed by atoms with Crippen LogP contribution in [0.5, 0.6) is 5.75 Å². The van der Waals surface area contributed by atoms with Crippen molar-refractivity contribution in [2.75, 3.05) is 19.1 Å². The maximum Gasteiger partial charge on any atom is 0.238 e. The van der Waals surface area contributed by atoms with Gasteiger partial charge in [-0.05, 0) is 64.4 Å². The van der Waals surface area contributed by atoms with Crippen LogP contribution < -0.4 is 9.64 Å². The molecule has 2 aromatic carbocycles. The zero-order chi connectivity index (χ0) is 17.3. The number of nitrogens with zero attached hydrogens (tertiary/aromatic N) is 1. The second-order valence-corrected chi connectivity index (χ2v) is 8.08. The summed E-state index contributed by atoms with van der Waals surface area (Å²) in [7, 11) is 3.54. The number of carbonyl (C=O) groups is 1. The van der Waals surface area contributed by atoms with Crippen LogP contribution in [0.3, 0.4) is 0 Å². The minimum absolute atomic E-state index is 0.196. The van der Waals surface area contributed by atoms with E-state index in [-0.39, 0.29) is 11.8 Å². The molecule has 1 amide bonds. The van der Waals surface area contributed by atoms with Crippen LogP contribution in [0.2, 0.25) is 0 Å². The smallest absolute Gasteiger partial charge is 0.238 e. The van der Waals surface area contributed by atoms with Crippen molar-refractivity contribution in [2.45, 2.75) is 17.8 Å². The average molecular weight is 444 g/mol. The Bertz CT molecular complexity index is 1040. The van der Waals surface area contributed by atoms with E-state index < -0.39 is 5.41 Å². The molecule has 1 fully saturated rings. The number of likely N-dealkylation sites (N-methyl/N-ethyl adjacent to an activating group) is 1. The number of benzene rings is 2. The maximum atomic E-state index is 13.1. The number of H-pyrrole nitrogens is 1. The second kappa shape index (κ2) is 5.00. The first kappa shape index (κ1) is 15.3. The van der Waals surface area contributed by atoms with E-state index in [0.717, 1.165) is 28.9 Å². The highest BCUT2D eigenvalue weighted by molar-refractivity contribution is 14.1. The van der Waals surface area contributed by atoms with E-state index in [4.69, 9.17) is 4.74 Å². The SMILES string of the molecule is COc1ccc2c(c1)[C@]1(C[C@H]1c1ccc3c(I)c[nH]c3c1)C(=O)N2C. The summed E-state index contributed by atoms with van der Waals surface area (Å²) in [6.07, 6.45) is 2.88. The van der Waals surface area contributed by atoms with Gasteiger partial charge in [-0.25, -0.2) is 0 Å². The van der Waals surface area contributed by atoms with Crippen molar-refractivity contribution < 1.29 is 9.53 Å². The molecule has 1 saturated carbocycles. The minimum atomic E-state index is -0.425. The first-order valence-corrected chi connectivity index (χ1v) is 9.37. The van der Waals surface area contributed by atoms with Gasteiger partial charge in [0.2, 0.25) is 5.91 Å². The fourth-order valence-corrected chi connectivity index (χ4v) is 4.97. The third kappa shape index (κ3) is 1.90. The molecule has 1 aliphatic heterocycles. The van der Waals surface area contributed by atoms with E-state index in [1.165, 1.54) is 14.5 Å². The van der Waals surface area contributed by atoms with Crippen LogP contribution in [-0.2, 0) is 10.2 Å². The maximum absolute atomic E-state index is 13.1. The number of aromatic amines is 1. The van der Waals surface area contributed by atoms with E-state index in [2.05, 4.69) is 45.8 Å². The molecule has 4 nitrogen and oxygen atoms in total. The Kier molecular flexibility index (Phi) is 3.05. The summed E-state index contributed by atoms with van der Waals surface area (Å²) in [5, 5.41) is 1.23. The fourth-order valence-electron chi connectivity index (χ4n) is 4.34. The lowest BCUT2D eigenvalue weighted by atomic mass is 9.91. The molecule has 0 saturated heterocycles. The van der Waals surface area contributed by atoms with Gasteiger partial charge >= 0.3 is 0 Å². The highest BCUT2D eigenvalue weighted by Crippen LogP contribution is 2.66. The summed E-state index contributed by atoms with van der Waals surface area (Å²) in [4.78, 5) is 18.2. The number of halogens is 1. The zero-order valence-electron chi connectivity index (χ0n) is 14.0. The Hall–Kier alpha value is -2.02. The number of hydrogen-bond donors (Lipinski definition) is 1. The predicted molar refractivity (Wildman–Crippen MR) is 106 cm³/mol. The van der Waals surface area contributed by atoms with E-state index in [9.17, 15) is 4.79 Å². The van der Waals surface area contributed by atoms with Gasteiger partial charge in [-0.2, -0.15) is 0 Å². The average Bonchev–Trinajstić information content (AvgIpc) is 3.25. The highest BCUT2D eigenvalue weighted by Gasteiger charge is 2.66. The molecule has 25 heavy (non-hydrogen) atoms. The molecule has 0 radical (unpaired) electrons. The van der Waals surface area contributed by atoms with Crippen LogP contribution in [0.25, 0.3) is 10.9 Å². The monoisotopic (exact) mass is 444 g/mol. The fraction of sp³-hybridized carbons (Fsp3) is 0.250. The molecule has 126 valence electrons. The molecular weight excluding hydrogens is 427 g/mol. The van der Waals surface area contributed by atoms with Crippen molar-refractivity contribution in [2.24, 2.45) is 0 Å².